The Morgan fingerprint density at radius 1 is 0.943 bits per heavy atom. The summed E-state index contributed by atoms with van der Waals surface area (Å²) in [6.07, 6.45) is 0.0870. The van der Waals surface area contributed by atoms with Crippen molar-refractivity contribution in [3.05, 3.63) is 102 Å². The number of ether oxygens (including phenoxy) is 2. The molecule has 0 radical (unpaired) electrons. The summed E-state index contributed by atoms with van der Waals surface area (Å²) in [5.74, 6) is 0.211. The summed E-state index contributed by atoms with van der Waals surface area (Å²) in [6, 6.07) is 25.5. The van der Waals surface area contributed by atoms with Crippen LogP contribution in [-0.2, 0) is 14.1 Å². The summed E-state index contributed by atoms with van der Waals surface area (Å²) in [5.41, 5.74) is 1.66. The van der Waals surface area contributed by atoms with Crippen LogP contribution in [0.25, 0.3) is 0 Å². The van der Waals surface area contributed by atoms with E-state index in [-0.39, 0.29) is 12.8 Å². The minimum Gasteiger partial charge on any atom is -0.497 e. The van der Waals surface area contributed by atoms with E-state index in [1.807, 2.05) is 84.9 Å². The lowest BCUT2D eigenvalue weighted by atomic mass is 9.95. The number of carbonyl (C=O) groups is 1. The lowest BCUT2D eigenvalue weighted by Gasteiger charge is -2.32. The highest BCUT2D eigenvalue weighted by atomic mass is 32.1. The maximum atomic E-state index is 14.7. The molecule has 0 saturated carbocycles. The molecule has 180 valence electrons. The minimum atomic E-state index is -3.18. The first-order valence-electron chi connectivity index (χ1n) is 11.3. The first-order valence-corrected chi connectivity index (χ1v) is 13.6. The topological polar surface area (TPSA) is 76.7 Å². The molecule has 1 atom stereocenters. The number of carbonyl (C=O) groups excluding carboxylic acids is 1. The Morgan fingerprint density at radius 2 is 1.51 bits per heavy atom. The van der Waals surface area contributed by atoms with Gasteiger partial charge in [-0.25, -0.2) is 4.79 Å². The number of rotatable bonds is 8. The fourth-order valence-electron chi connectivity index (χ4n) is 4.13. The van der Waals surface area contributed by atoms with Crippen LogP contribution in [0.15, 0.2) is 96.2 Å². The van der Waals surface area contributed by atoms with Gasteiger partial charge in [-0.2, -0.15) is 0 Å². The molecule has 0 spiro atoms. The molecule has 1 aliphatic heterocycles. The van der Waals surface area contributed by atoms with Crippen molar-refractivity contribution in [2.75, 3.05) is 19.9 Å². The minimum absolute atomic E-state index is 0.0870. The molecule has 35 heavy (non-hydrogen) atoms. The Labute approximate surface area is 210 Å². The van der Waals surface area contributed by atoms with Crippen LogP contribution in [0.3, 0.4) is 0 Å². The zero-order valence-electron chi connectivity index (χ0n) is 19.6. The van der Waals surface area contributed by atoms with E-state index >= 15 is 0 Å². The zero-order valence-corrected chi connectivity index (χ0v) is 21.3. The fraction of sp³-hybridized carbons (Fsp3) is 0.185. The van der Waals surface area contributed by atoms with Gasteiger partial charge in [0.15, 0.2) is 5.11 Å². The van der Waals surface area contributed by atoms with Crippen molar-refractivity contribution in [2.24, 2.45) is 0 Å². The quantitative estimate of drug-likeness (QED) is 0.271. The van der Waals surface area contributed by atoms with Crippen molar-refractivity contribution in [3.63, 3.8) is 0 Å². The largest absolute Gasteiger partial charge is 0.497 e. The number of nitrogens with one attached hydrogen (secondary N) is 2. The van der Waals surface area contributed by atoms with Crippen LogP contribution in [0.5, 0.6) is 5.75 Å². The summed E-state index contributed by atoms with van der Waals surface area (Å²) >= 11 is 5.51. The molecule has 0 fully saturated rings. The molecular weight excluding hydrogens is 479 g/mol. The number of hydrogen-bond acceptors (Lipinski definition) is 5. The summed E-state index contributed by atoms with van der Waals surface area (Å²) in [7, 11) is -1.58. The van der Waals surface area contributed by atoms with Crippen molar-refractivity contribution in [3.8, 4) is 5.75 Å². The first-order chi connectivity index (χ1) is 17.0. The second-order valence-electron chi connectivity index (χ2n) is 7.99. The number of esters is 1. The average molecular weight is 507 g/mol. The van der Waals surface area contributed by atoms with E-state index in [2.05, 4.69) is 10.6 Å². The van der Waals surface area contributed by atoms with E-state index in [9.17, 15) is 9.36 Å². The molecule has 0 aliphatic carbocycles. The Hall–Kier alpha value is -3.41. The lowest BCUT2D eigenvalue weighted by Crippen LogP contribution is -2.47. The predicted octanol–water partition coefficient (Wildman–Crippen LogP) is 4.05. The summed E-state index contributed by atoms with van der Waals surface area (Å²) in [4.78, 5) is 13.3. The van der Waals surface area contributed by atoms with E-state index in [1.54, 1.807) is 14.0 Å². The Morgan fingerprint density at radius 3 is 2.03 bits per heavy atom. The van der Waals surface area contributed by atoms with Crippen molar-refractivity contribution in [2.45, 2.75) is 13.0 Å². The van der Waals surface area contributed by atoms with Crippen LogP contribution in [0, 0.1) is 0 Å². The van der Waals surface area contributed by atoms with Crippen molar-refractivity contribution in [1.29, 1.82) is 0 Å². The molecule has 1 heterocycles. The smallest absolute Gasteiger partial charge is 0.338 e. The van der Waals surface area contributed by atoms with Gasteiger partial charge in [-0.3, -0.25) is 0 Å². The van der Waals surface area contributed by atoms with Crippen LogP contribution in [-0.4, -0.2) is 31.0 Å². The molecule has 4 rings (SSSR count). The van der Waals surface area contributed by atoms with Gasteiger partial charge in [-0.1, -0.05) is 72.8 Å². The Kier molecular flexibility index (Phi) is 7.69. The molecule has 8 heteroatoms. The zero-order chi connectivity index (χ0) is 24.8. The molecule has 3 aromatic rings. The van der Waals surface area contributed by atoms with E-state index in [1.165, 1.54) is 0 Å². The molecular formula is C27H27N2O4PS. The molecule has 3 aromatic carbocycles. The number of benzene rings is 3. The lowest BCUT2D eigenvalue weighted by molar-refractivity contribution is -0.139. The Bertz CT molecular complexity index is 1230. The average Bonchev–Trinajstić information content (AvgIpc) is 2.89. The predicted molar refractivity (Wildman–Crippen MR) is 143 cm³/mol. The second kappa shape index (κ2) is 10.9. The molecule has 0 bridgehead atoms. The number of hydrogen-bond donors (Lipinski definition) is 2. The summed E-state index contributed by atoms with van der Waals surface area (Å²) in [6.45, 7) is 1.97. The third kappa shape index (κ3) is 5.31. The van der Waals surface area contributed by atoms with Gasteiger partial charge >= 0.3 is 5.97 Å². The van der Waals surface area contributed by atoms with Gasteiger partial charge < -0.3 is 24.7 Å². The standard InChI is InChI=1S/C27H27N2O4PS/c1-3-33-26(30)24-23(28-27(35)29-25(24)19-14-16-20(32-2)17-15-19)18-34(31,21-10-6-4-7-11-21)22-12-8-5-9-13-22/h4-17,25H,3,18H2,1-2H3,(H2,28,29,35)/t25-/m0/s1. The summed E-state index contributed by atoms with van der Waals surface area (Å²) in [5, 5.41) is 8.07. The van der Waals surface area contributed by atoms with Crippen molar-refractivity contribution in [1.82, 2.24) is 10.6 Å². The number of allylic oxidation sites excluding steroid dienone is 1. The van der Waals surface area contributed by atoms with Gasteiger partial charge in [0.1, 0.15) is 12.9 Å². The van der Waals surface area contributed by atoms with Gasteiger partial charge in [0.25, 0.3) is 0 Å². The molecule has 1 aliphatic rings. The normalized spacial score (nSPS) is 15.7. The van der Waals surface area contributed by atoms with E-state index < -0.39 is 19.2 Å². The van der Waals surface area contributed by atoms with E-state index in [0.29, 0.717) is 32.7 Å². The molecule has 0 aromatic heterocycles. The van der Waals surface area contributed by atoms with Gasteiger partial charge in [0, 0.05) is 22.5 Å². The van der Waals surface area contributed by atoms with Crippen LogP contribution in [0.1, 0.15) is 18.5 Å². The van der Waals surface area contributed by atoms with Gasteiger partial charge in [0.2, 0.25) is 0 Å². The van der Waals surface area contributed by atoms with Gasteiger partial charge in [-0.15, -0.1) is 0 Å². The Balaban J connectivity index is 1.87. The highest BCUT2D eigenvalue weighted by Crippen LogP contribution is 2.46. The first kappa shape index (κ1) is 24.7. The highest BCUT2D eigenvalue weighted by molar-refractivity contribution is 7.80. The maximum absolute atomic E-state index is 14.7. The second-order valence-corrected chi connectivity index (χ2v) is 11.2. The van der Waals surface area contributed by atoms with Crippen LogP contribution in [0.2, 0.25) is 0 Å². The SMILES string of the molecule is CCOC(=O)C1=C(CP(=O)(c2ccccc2)c2ccccc2)NC(=S)N[C@H]1c1ccc(OC)cc1. The number of methoxy groups -OCH3 is 1. The number of thiocarbonyl (C=S) groups is 1. The maximum Gasteiger partial charge on any atom is 0.338 e. The van der Waals surface area contributed by atoms with Crippen LogP contribution >= 0.6 is 19.4 Å². The fourth-order valence-corrected chi connectivity index (χ4v) is 7.04. The third-order valence-corrected chi connectivity index (χ3v) is 9.07. The molecule has 0 saturated heterocycles. The molecule has 0 amide bonds. The van der Waals surface area contributed by atoms with Gasteiger partial charge in [0.05, 0.1) is 25.3 Å². The summed E-state index contributed by atoms with van der Waals surface area (Å²) < 4.78 is 25.4. The third-order valence-electron chi connectivity index (χ3n) is 5.83. The van der Waals surface area contributed by atoms with Crippen molar-refractivity contribution >= 4 is 41.1 Å². The van der Waals surface area contributed by atoms with Crippen molar-refractivity contribution < 1.29 is 18.8 Å². The monoisotopic (exact) mass is 506 g/mol. The molecule has 0 unspecified atom stereocenters. The van der Waals surface area contributed by atoms with Crippen LogP contribution < -0.4 is 26.0 Å². The van der Waals surface area contributed by atoms with E-state index in [4.69, 9.17) is 21.7 Å². The molecule has 6 nitrogen and oxygen atoms in total. The van der Waals surface area contributed by atoms with Crippen LogP contribution in [0.4, 0.5) is 0 Å². The van der Waals surface area contributed by atoms with E-state index in [0.717, 1.165) is 5.56 Å². The molecule has 2 N–H and O–H groups in total. The van der Waals surface area contributed by atoms with Gasteiger partial charge in [-0.05, 0) is 36.8 Å². The highest BCUT2D eigenvalue weighted by Gasteiger charge is 2.37.